The fourth-order valence-electron chi connectivity index (χ4n) is 4.70. The maximum Gasteiger partial charge on any atom is 0.110 e. The lowest BCUT2D eigenvalue weighted by molar-refractivity contribution is 0.215. The molecular weight excluding hydrogens is 354 g/mol. The summed E-state index contributed by atoms with van der Waals surface area (Å²) in [5.41, 5.74) is 0. The van der Waals surface area contributed by atoms with Crippen LogP contribution in [0.1, 0.15) is 96.8 Å². The van der Waals surface area contributed by atoms with Crippen LogP contribution in [0.5, 0.6) is 0 Å². The predicted octanol–water partition coefficient (Wildman–Crippen LogP) is 6.08. The number of rotatable bonds is 1. The van der Waals surface area contributed by atoms with Gasteiger partial charge in [-0.25, -0.2) is 0 Å². The lowest BCUT2D eigenvalue weighted by Crippen LogP contribution is -2.45. The average molecular weight is 388 g/mol. The molecule has 0 saturated heterocycles. The van der Waals surface area contributed by atoms with E-state index in [2.05, 4.69) is 37.4 Å². The van der Waals surface area contributed by atoms with E-state index in [1.807, 2.05) is 0 Å². The molecule has 2 rings (SSSR count). The summed E-state index contributed by atoms with van der Waals surface area (Å²) < 4.78 is 0.580. The molecule has 0 aromatic heterocycles. The third-order valence-electron chi connectivity index (χ3n) is 6.22. The highest BCUT2D eigenvalue weighted by molar-refractivity contribution is 14.1. The lowest BCUT2D eigenvalue weighted by Gasteiger charge is -2.52. The molecule has 0 amide bonds. The highest BCUT2D eigenvalue weighted by Crippen LogP contribution is 2.59. The Hall–Kier alpha value is 0.795. The van der Waals surface area contributed by atoms with Gasteiger partial charge >= 0.3 is 0 Å². The smallest absolute Gasteiger partial charge is 0.0788 e. The first-order valence-corrected chi connectivity index (χ1v) is 10.3. The molecule has 2 aliphatic carbocycles. The molecule has 0 N–H and O–H groups in total. The van der Waals surface area contributed by atoms with E-state index in [4.69, 9.17) is 0 Å². The van der Waals surface area contributed by atoms with E-state index in [1.54, 1.807) is 0 Å². The van der Waals surface area contributed by atoms with Crippen LogP contribution < -0.4 is 0 Å². The van der Waals surface area contributed by atoms with Crippen LogP contribution >= 0.6 is 22.6 Å². The van der Waals surface area contributed by atoms with E-state index in [0.29, 0.717) is 8.74 Å². The molecule has 2 heteroatoms. The van der Waals surface area contributed by atoms with E-state index in [0.717, 1.165) is 5.92 Å². The molecule has 2 saturated carbocycles. The molecule has 0 nitrogen and oxygen atoms in total. The van der Waals surface area contributed by atoms with Gasteiger partial charge in [0.1, 0.15) is 7.85 Å². The second-order valence-corrected chi connectivity index (χ2v) is 9.98. The summed E-state index contributed by atoms with van der Waals surface area (Å²) >= 11 is 2.91. The fraction of sp³-hybridized carbons (Fsp3) is 1.00. The van der Waals surface area contributed by atoms with Crippen molar-refractivity contribution in [1.82, 2.24) is 0 Å². The summed E-state index contributed by atoms with van der Waals surface area (Å²) in [5.74, 6) is 0.983. The fourth-order valence-corrected chi connectivity index (χ4v) is 5.97. The summed E-state index contributed by atoms with van der Waals surface area (Å²) in [5, 5.41) is 0.552. The Labute approximate surface area is 141 Å². The van der Waals surface area contributed by atoms with Crippen molar-refractivity contribution in [1.29, 1.82) is 0 Å². The Morgan fingerprint density at radius 1 is 0.750 bits per heavy atom. The summed E-state index contributed by atoms with van der Waals surface area (Å²) in [6, 6.07) is 0. The van der Waals surface area contributed by atoms with Crippen LogP contribution in [0.3, 0.4) is 0 Å². The third-order valence-corrected chi connectivity index (χ3v) is 9.10. The molecule has 0 aliphatic heterocycles. The molecule has 0 radical (unpaired) electrons. The van der Waals surface area contributed by atoms with Crippen molar-refractivity contribution in [3.63, 3.8) is 0 Å². The standard InChI is InChI=1S/C18H34BI/c1-17(19)14-10-11-15-18(17,20)16-12-8-6-4-2-3-5-7-9-13-16/h16H,2-15,19H2,1H3/t17-,18-/m0/s1. The quantitative estimate of drug-likeness (QED) is 0.290. The van der Waals surface area contributed by atoms with Gasteiger partial charge in [-0.1, -0.05) is 100 Å². The second-order valence-electron chi connectivity index (χ2n) is 8.06. The van der Waals surface area contributed by atoms with Gasteiger partial charge in [-0.2, -0.15) is 0 Å². The van der Waals surface area contributed by atoms with Crippen molar-refractivity contribution < 1.29 is 0 Å². The molecule has 2 fully saturated rings. The Balaban J connectivity index is 2.04. The number of halogens is 1. The van der Waals surface area contributed by atoms with Gasteiger partial charge < -0.3 is 0 Å². The average Bonchev–Trinajstić information content (AvgIpc) is 2.47. The molecule has 0 spiro atoms. The van der Waals surface area contributed by atoms with Crippen LogP contribution in [-0.2, 0) is 0 Å². The SMILES string of the molecule is B[C@@]1(C)CCCC[C@]1(I)C1CCCCCCCCCC1. The number of hydrogen-bond donors (Lipinski definition) is 0. The highest BCUT2D eigenvalue weighted by Gasteiger charge is 2.48. The largest absolute Gasteiger partial charge is 0.110 e. The molecule has 116 valence electrons. The van der Waals surface area contributed by atoms with Gasteiger partial charge in [0, 0.05) is 3.42 Å². The third kappa shape index (κ3) is 4.17. The predicted molar refractivity (Wildman–Crippen MR) is 102 cm³/mol. The van der Waals surface area contributed by atoms with Crippen LogP contribution in [0.25, 0.3) is 0 Å². The van der Waals surface area contributed by atoms with Crippen LogP contribution in [0.4, 0.5) is 0 Å². The van der Waals surface area contributed by atoms with Gasteiger partial charge in [0.05, 0.1) is 0 Å². The van der Waals surface area contributed by atoms with Crippen molar-refractivity contribution in [3.05, 3.63) is 0 Å². The van der Waals surface area contributed by atoms with Crippen LogP contribution in [0.2, 0.25) is 5.31 Å². The summed E-state index contributed by atoms with van der Waals surface area (Å²) in [6.45, 7) is 2.56. The van der Waals surface area contributed by atoms with Crippen molar-refractivity contribution in [2.75, 3.05) is 0 Å². The van der Waals surface area contributed by atoms with Crippen molar-refractivity contribution in [3.8, 4) is 0 Å². The Morgan fingerprint density at radius 3 is 1.70 bits per heavy atom. The molecule has 20 heavy (non-hydrogen) atoms. The minimum atomic E-state index is 0.552. The maximum absolute atomic E-state index is 2.91. The van der Waals surface area contributed by atoms with Gasteiger partial charge in [-0.15, -0.1) is 0 Å². The highest BCUT2D eigenvalue weighted by atomic mass is 127. The van der Waals surface area contributed by atoms with Gasteiger partial charge in [-0.05, 0) is 30.5 Å². The molecule has 0 aromatic rings. The summed E-state index contributed by atoms with van der Waals surface area (Å²) in [6.07, 6.45) is 20.8. The van der Waals surface area contributed by atoms with E-state index >= 15 is 0 Å². The van der Waals surface area contributed by atoms with Crippen LogP contribution in [-0.4, -0.2) is 11.3 Å². The minimum absolute atomic E-state index is 0.552. The van der Waals surface area contributed by atoms with Gasteiger partial charge in [0.15, 0.2) is 0 Å². The zero-order valence-corrected chi connectivity index (χ0v) is 16.0. The first-order chi connectivity index (χ1) is 9.56. The van der Waals surface area contributed by atoms with E-state index in [-0.39, 0.29) is 0 Å². The Bertz CT molecular complexity index is 277. The van der Waals surface area contributed by atoms with E-state index in [9.17, 15) is 0 Å². The zero-order valence-electron chi connectivity index (χ0n) is 13.9. The second kappa shape index (κ2) is 7.88. The molecular formula is C18H34BI. The Kier molecular flexibility index (Phi) is 6.76. The first kappa shape index (κ1) is 17.2. The molecule has 0 unspecified atom stereocenters. The molecule has 0 heterocycles. The normalized spacial score (nSPS) is 39.1. The Morgan fingerprint density at radius 2 is 1.20 bits per heavy atom. The van der Waals surface area contributed by atoms with Crippen molar-refractivity contribution in [2.45, 2.75) is 106 Å². The lowest BCUT2D eigenvalue weighted by atomic mass is 9.51. The zero-order chi connectivity index (χ0) is 14.5. The first-order valence-electron chi connectivity index (χ1n) is 9.25. The minimum Gasteiger partial charge on any atom is -0.0788 e. The maximum atomic E-state index is 2.91. The van der Waals surface area contributed by atoms with Crippen molar-refractivity contribution >= 4 is 30.4 Å². The van der Waals surface area contributed by atoms with E-state index < -0.39 is 0 Å². The summed E-state index contributed by atoms with van der Waals surface area (Å²) in [4.78, 5) is 0. The molecule has 0 aromatic carbocycles. The van der Waals surface area contributed by atoms with Crippen LogP contribution in [0.15, 0.2) is 0 Å². The van der Waals surface area contributed by atoms with Gasteiger partial charge in [0.25, 0.3) is 0 Å². The molecule has 0 bridgehead atoms. The molecule has 2 aliphatic rings. The number of hydrogen-bond acceptors (Lipinski definition) is 0. The van der Waals surface area contributed by atoms with E-state index in [1.165, 1.54) is 89.9 Å². The van der Waals surface area contributed by atoms with Crippen molar-refractivity contribution in [2.24, 2.45) is 5.92 Å². The number of alkyl halides is 1. The van der Waals surface area contributed by atoms with Crippen LogP contribution in [0, 0.1) is 5.92 Å². The molecule has 2 atom stereocenters. The van der Waals surface area contributed by atoms with Gasteiger partial charge in [0.2, 0.25) is 0 Å². The summed E-state index contributed by atoms with van der Waals surface area (Å²) in [7, 11) is 2.56. The van der Waals surface area contributed by atoms with Gasteiger partial charge in [-0.3, -0.25) is 0 Å². The monoisotopic (exact) mass is 388 g/mol. The topological polar surface area (TPSA) is 0 Å².